The van der Waals surface area contributed by atoms with Crippen LogP contribution < -0.4 is 19.7 Å². The molecule has 152 valence electrons. The maximum Gasteiger partial charge on any atom is 0.573 e. The van der Waals surface area contributed by atoms with E-state index in [2.05, 4.69) is 19.9 Å². The zero-order valence-electron chi connectivity index (χ0n) is 14.9. The molecule has 1 aromatic carbocycles. The van der Waals surface area contributed by atoms with Crippen LogP contribution >= 0.6 is 23.2 Å². The Morgan fingerprint density at radius 1 is 1.14 bits per heavy atom. The molecule has 1 saturated heterocycles. The van der Waals surface area contributed by atoms with Gasteiger partial charge >= 0.3 is 6.36 Å². The van der Waals surface area contributed by atoms with E-state index in [1.807, 2.05) is 7.05 Å². The summed E-state index contributed by atoms with van der Waals surface area (Å²) in [5.41, 5.74) is 0. The molecule has 0 amide bonds. The molecule has 1 aromatic heterocycles. The third-order valence-electron chi connectivity index (χ3n) is 4.39. The second-order valence-electron chi connectivity index (χ2n) is 6.24. The van der Waals surface area contributed by atoms with Crippen LogP contribution in [0.3, 0.4) is 0 Å². The third kappa shape index (κ3) is 5.12. The molecule has 10 heteroatoms. The van der Waals surface area contributed by atoms with Gasteiger partial charge in [0.2, 0.25) is 0 Å². The minimum absolute atomic E-state index is 0.0361. The standard InChI is InChI=1S/C18H18Cl2F3N3O2/c1-24-11-5-8-26(9-6-11)17-16(20)15(4-7-25-17)27-14-3-2-12(10-13(14)19)28-18(21,22)23/h2-4,7,10-11,24H,5-6,8-9H2,1H3. The summed E-state index contributed by atoms with van der Waals surface area (Å²) < 4.78 is 46.5. The number of ether oxygens (including phenoxy) is 2. The molecule has 1 fully saturated rings. The molecule has 1 N–H and O–H groups in total. The lowest BCUT2D eigenvalue weighted by molar-refractivity contribution is -0.274. The molecule has 28 heavy (non-hydrogen) atoms. The van der Waals surface area contributed by atoms with Crippen LogP contribution in [0, 0.1) is 0 Å². The Labute approximate surface area is 170 Å². The van der Waals surface area contributed by atoms with Crippen molar-refractivity contribution in [3.8, 4) is 17.2 Å². The fourth-order valence-electron chi connectivity index (χ4n) is 2.97. The molecule has 2 aromatic rings. The van der Waals surface area contributed by atoms with Crippen molar-refractivity contribution in [3.05, 3.63) is 40.5 Å². The third-order valence-corrected chi connectivity index (χ3v) is 5.05. The average molecular weight is 436 g/mol. The van der Waals surface area contributed by atoms with Gasteiger partial charge in [-0.05, 0) is 32.0 Å². The average Bonchev–Trinajstić information content (AvgIpc) is 2.64. The molecule has 0 spiro atoms. The van der Waals surface area contributed by atoms with Crippen LogP contribution in [0.2, 0.25) is 10.0 Å². The van der Waals surface area contributed by atoms with Gasteiger partial charge in [0.15, 0.2) is 11.6 Å². The molecule has 3 rings (SSSR count). The fraction of sp³-hybridized carbons (Fsp3) is 0.389. The lowest BCUT2D eigenvalue weighted by Crippen LogP contribution is -2.41. The molecule has 2 heterocycles. The highest BCUT2D eigenvalue weighted by molar-refractivity contribution is 6.34. The quantitative estimate of drug-likeness (QED) is 0.693. The van der Waals surface area contributed by atoms with Crippen molar-refractivity contribution in [1.29, 1.82) is 0 Å². The maximum atomic E-state index is 12.3. The molecule has 0 aliphatic carbocycles. The Kier molecular flexibility index (Phi) is 6.42. The van der Waals surface area contributed by atoms with Gasteiger partial charge in [0.05, 0.1) is 5.02 Å². The number of alkyl halides is 3. The maximum absolute atomic E-state index is 12.3. The highest BCUT2D eigenvalue weighted by Gasteiger charge is 2.31. The van der Waals surface area contributed by atoms with E-state index in [0.717, 1.165) is 38.1 Å². The van der Waals surface area contributed by atoms with Crippen LogP contribution in [0.5, 0.6) is 17.2 Å². The largest absolute Gasteiger partial charge is 0.573 e. The highest BCUT2D eigenvalue weighted by Crippen LogP contribution is 2.39. The van der Waals surface area contributed by atoms with Crippen LogP contribution in [-0.4, -0.2) is 37.5 Å². The summed E-state index contributed by atoms with van der Waals surface area (Å²) in [7, 11) is 1.94. The SMILES string of the molecule is CNC1CCN(c2nccc(Oc3ccc(OC(F)(F)F)cc3Cl)c2Cl)CC1. The number of pyridine rings is 1. The molecule has 0 unspecified atom stereocenters. The van der Waals surface area contributed by atoms with Crippen molar-refractivity contribution in [2.75, 3.05) is 25.0 Å². The Morgan fingerprint density at radius 3 is 2.46 bits per heavy atom. The zero-order chi connectivity index (χ0) is 20.3. The summed E-state index contributed by atoms with van der Waals surface area (Å²) in [5.74, 6) is 0.638. The zero-order valence-corrected chi connectivity index (χ0v) is 16.4. The number of rotatable bonds is 5. The van der Waals surface area contributed by atoms with Crippen LogP contribution in [0.4, 0.5) is 19.0 Å². The van der Waals surface area contributed by atoms with Gasteiger partial charge in [-0.15, -0.1) is 13.2 Å². The van der Waals surface area contributed by atoms with Crippen molar-refractivity contribution in [2.24, 2.45) is 0 Å². The molecule has 0 saturated carbocycles. The topological polar surface area (TPSA) is 46.6 Å². The van der Waals surface area contributed by atoms with Crippen LogP contribution in [0.1, 0.15) is 12.8 Å². The Balaban J connectivity index is 1.76. The molecule has 5 nitrogen and oxygen atoms in total. The highest BCUT2D eigenvalue weighted by atomic mass is 35.5. The van der Waals surface area contributed by atoms with Crippen LogP contribution in [0.25, 0.3) is 0 Å². The number of hydrogen-bond acceptors (Lipinski definition) is 5. The van der Waals surface area contributed by atoms with Gasteiger partial charge in [0.25, 0.3) is 0 Å². The van der Waals surface area contributed by atoms with E-state index in [0.29, 0.717) is 22.6 Å². The first-order valence-electron chi connectivity index (χ1n) is 8.56. The van der Waals surface area contributed by atoms with Gasteiger partial charge < -0.3 is 19.7 Å². The summed E-state index contributed by atoms with van der Waals surface area (Å²) >= 11 is 12.5. The van der Waals surface area contributed by atoms with Gasteiger partial charge in [0.1, 0.15) is 16.5 Å². The smallest absolute Gasteiger partial charge is 0.454 e. The second kappa shape index (κ2) is 8.63. The Morgan fingerprint density at radius 2 is 1.86 bits per heavy atom. The number of nitrogens with zero attached hydrogens (tertiary/aromatic N) is 2. The minimum atomic E-state index is -4.80. The van der Waals surface area contributed by atoms with E-state index in [-0.39, 0.29) is 10.8 Å². The van der Waals surface area contributed by atoms with Gasteiger partial charge in [-0.1, -0.05) is 23.2 Å². The molecule has 1 aliphatic rings. The van der Waals surface area contributed by atoms with Gasteiger partial charge in [-0.25, -0.2) is 4.98 Å². The predicted octanol–water partition coefficient (Wildman–Crippen LogP) is 5.27. The normalized spacial score (nSPS) is 15.6. The van der Waals surface area contributed by atoms with Crippen LogP contribution in [0.15, 0.2) is 30.5 Å². The van der Waals surface area contributed by atoms with E-state index < -0.39 is 12.1 Å². The van der Waals surface area contributed by atoms with Crippen molar-refractivity contribution < 1.29 is 22.6 Å². The number of aromatic nitrogens is 1. The van der Waals surface area contributed by atoms with E-state index in [4.69, 9.17) is 27.9 Å². The fourth-order valence-corrected chi connectivity index (χ4v) is 3.45. The van der Waals surface area contributed by atoms with Gasteiger partial charge in [-0.3, -0.25) is 0 Å². The lowest BCUT2D eigenvalue weighted by Gasteiger charge is -2.33. The van der Waals surface area contributed by atoms with Gasteiger partial charge in [0, 0.05) is 37.5 Å². The molecular weight excluding hydrogens is 418 g/mol. The van der Waals surface area contributed by atoms with Crippen molar-refractivity contribution in [2.45, 2.75) is 25.2 Å². The molecule has 0 radical (unpaired) electrons. The molecule has 0 bridgehead atoms. The number of piperidine rings is 1. The molecule has 0 atom stereocenters. The number of nitrogens with one attached hydrogen (secondary N) is 1. The number of anilines is 1. The lowest BCUT2D eigenvalue weighted by atomic mass is 10.1. The number of hydrogen-bond donors (Lipinski definition) is 1. The van der Waals surface area contributed by atoms with Crippen LogP contribution in [-0.2, 0) is 0 Å². The number of halogens is 5. The number of benzene rings is 1. The summed E-state index contributed by atoms with van der Waals surface area (Å²) in [6.45, 7) is 1.60. The molecule has 1 aliphatic heterocycles. The second-order valence-corrected chi connectivity index (χ2v) is 7.02. The first kappa shape index (κ1) is 20.8. The summed E-state index contributed by atoms with van der Waals surface area (Å²) in [5, 5.41) is 3.54. The molecular formula is C18H18Cl2F3N3O2. The first-order valence-corrected chi connectivity index (χ1v) is 9.32. The van der Waals surface area contributed by atoms with E-state index in [9.17, 15) is 13.2 Å². The van der Waals surface area contributed by atoms with Crippen molar-refractivity contribution >= 4 is 29.0 Å². The van der Waals surface area contributed by atoms with E-state index >= 15 is 0 Å². The van der Waals surface area contributed by atoms with Gasteiger partial charge in [-0.2, -0.15) is 0 Å². The van der Waals surface area contributed by atoms with E-state index in [1.165, 1.54) is 6.07 Å². The Bertz CT molecular complexity index is 828. The Hall–Kier alpha value is -1.90. The summed E-state index contributed by atoms with van der Waals surface area (Å²) in [6.07, 6.45) is -1.30. The summed E-state index contributed by atoms with van der Waals surface area (Å²) in [4.78, 5) is 6.42. The van der Waals surface area contributed by atoms with E-state index in [1.54, 1.807) is 12.3 Å². The van der Waals surface area contributed by atoms with Crippen molar-refractivity contribution in [1.82, 2.24) is 10.3 Å². The first-order chi connectivity index (χ1) is 13.3. The summed E-state index contributed by atoms with van der Waals surface area (Å²) in [6, 6.07) is 5.47. The van der Waals surface area contributed by atoms with Crippen molar-refractivity contribution in [3.63, 3.8) is 0 Å². The predicted molar refractivity (Wildman–Crippen MR) is 102 cm³/mol. The minimum Gasteiger partial charge on any atom is -0.454 e. The monoisotopic (exact) mass is 435 g/mol.